The number of Topliss-reactive ketones (excluding diaryl/α,β-unsaturated/α-hetero) is 1. The molecule has 1 N–H and O–H groups in total. The Balaban J connectivity index is 1.35. The van der Waals surface area contributed by atoms with E-state index in [1.165, 1.54) is 43.7 Å². The normalized spacial score (nSPS) is 16.3. The zero-order valence-electron chi connectivity index (χ0n) is 16.1. The molecular weight excluding hydrogens is 370 g/mol. The number of anilines is 1. The molecule has 1 saturated carbocycles. The van der Waals surface area contributed by atoms with Crippen molar-refractivity contribution in [1.82, 2.24) is 0 Å². The molecule has 29 heavy (non-hydrogen) atoms. The van der Waals surface area contributed by atoms with E-state index in [1.54, 1.807) is 24.3 Å². The van der Waals surface area contributed by atoms with Crippen molar-refractivity contribution < 1.29 is 23.9 Å². The van der Waals surface area contributed by atoms with Crippen LogP contribution in [-0.4, -0.2) is 30.9 Å². The highest BCUT2D eigenvalue weighted by Crippen LogP contribution is 2.32. The summed E-state index contributed by atoms with van der Waals surface area (Å²) in [5, 5.41) is 2.65. The van der Waals surface area contributed by atoms with Crippen LogP contribution in [0.25, 0.3) is 0 Å². The number of fused-ring (bicyclic) bond motifs is 1. The van der Waals surface area contributed by atoms with Gasteiger partial charge in [-0.15, -0.1) is 0 Å². The molecule has 0 saturated heterocycles. The van der Waals surface area contributed by atoms with Gasteiger partial charge in [0.15, 0.2) is 19.0 Å². The number of carbonyl (C=O) groups excluding carboxylic acids is 3. The average molecular weight is 393 g/mol. The highest BCUT2D eigenvalue weighted by atomic mass is 16.5. The molecule has 1 heterocycles. The SMILES string of the molecule is O=C1COc2ccc(C(=O)COC(=O)c3ccc(C4CCCCC4)cc3)cc2N1. The van der Waals surface area contributed by atoms with Crippen molar-refractivity contribution in [2.24, 2.45) is 0 Å². The van der Waals surface area contributed by atoms with Crippen LogP contribution in [0.15, 0.2) is 42.5 Å². The molecule has 2 aliphatic rings. The fraction of sp³-hybridized carbons (Fsp3) is 0.348. The van der Waals surface area contributed by atoms with Crippen LogP contribution < -0.4 is 10.1 Å². The lowest BCUT2D eigenvalue weighted by molar-refractivity contribution is -0.118. The smallest absolute Gasteiger partial charge is 0.338 e. The van der Waals surface area contributed by atoms with Gasteiger partial charge in [-0.3, -0.25) is 9.59 Å². The molecule has 0 spiro atoms. The van der Waals surface area contributed by atoms with E-state index in [2.05, 4.69) is 5.32 Å². The predicted molar refractivity (Wildman–Crippen MR) is 107 cm³/mol. The van der Waals surface area contributed by atoms with Gasteiger partial charge < -0.3 is 14.8 Å². The molecule has 1 aliphatic carbocycles. The Bertz CT molecular complexity index is 929. The molecule has 0 unspecified atom stereocenters. The molecule has 0 bridgehead atoms. The summed E-state index contributed by atoms with van der Waals surface area (Å²) in [7, 11) is 0. The molecule has 4 rings (SSSR count). The van der Waals surface area contributed by atoms with E-state index in [1.807, 2.05) is 12.1 Å². The van der Waals surface area contributed by atoms with Crippen LogP contribution in [0.5, 0.6) is 5.75 Å². The number of nitrogens with one attached hydrogen (secondary N) is 1. The third-order valence-corrected chi connectivity index (χ3v) is 5.49. The summed E-state index contributed by atoms with van der Waals surface area (Å²) in [6, 6.07) is 12.2. The minimum Gasteiger partial charge on any atom is -0.482 e. The van der Waals surface area contributed by atoms with Gasteiger partial charge in [0.05, 0.1) is 11.3 Å². The second-order valence-corrected chi connectivity index (χ2v) is 7.50. The maximum absolute atomic E-state index is 12.4. The summed E-state index contributed by atoms with van der Waals surface area (Å²) < 4.78 is 10.5. The molecule has 2 aromatic rings. The lowest BCUT2D eigenvalue weighted by Crippen LogP contribution is -2.25. The molecule has 1 fully saturated rings. The van der Waals surface area contributed by atoms with Crippen molar-refractivity contribution in [1.29, 1.82) is 0 Å². The Kier molecular flexibility index (Phi) is 5.60. The van der Waals surface area contributed by atoms with Crippen LogP contribution in [-0.2, 0) is 9.53 Å². The topological polar surface area (TPSA) is 81.7 Å². The second-order valence-electron chi connectivity index (χ2n) is 7.50. The fourth-order valence-electron chi connectivity index (χ4n) is 3.88. The highest BCUT2D eigenvalue weighted by Gasteiger charge is 2.19. The molecule has 2 aromatic carbocycles. The average Bonchev–Trinajstić information content (AvgIpc) is 2.77. The van der Waals surface area contributed by atoms with Gasteiger partial charge >= 0.3 is 5.97 Å². The minimum atomic E-state index is -0.525. The summed E-state index contributed by atoms with van der Waals surface area (Å²) in [6.07, 6.45) is 6.22. The first kappa shape index (κ1) is 19.2. The van der Waals surface area contributed by atoms with Gasteiger partial charge in [-0.2, -0.15) is 0 Å². The van der Waals surface area contributed by atoms with Crippen LogP contribution in [0.2, 0.25) is 0 Å². The van der Waals surface area contributed by atoms with E-state index in [0.29, 0.717) is 28.5 Å². The van der Waals surface area contributed by atoms with Crippen molar-refractivity contribution in [3.05, 3.63) is 59.2 Å². The van der Waals surface area contributed by atoms with Crippen LogP contribution in [0, 0.1) is 0 Å². The molecule has 0 radical (unpaired) electrons. The van der Waals surface area contributed by atoms with Crippen molar-refractivity contribution in [2.45, 2.75) is 38.0 Å². The highest BCUT2D eigenvalue weighted by molar-refractivity contribution is 6.02. The minimum absolute atomic E-state index is 0.0442. The monoisotopic (exact) mass is 393 g/mol. The van der Waals surface area contributed by atoms with Gasteiger partial charge in [0.1, 0.15) is 5.75 Å². The van der Waals surface area contributed by atoms with Gasteiger partial charge in [-0.05, 0) is 54.7 Å². The van der Waals surface area contributed by atoms with E-state index >= 15 is 0 Å². The van der Waals surface area contributed by atoms with Crippen LogP contribution in [0.4, 0.5) is 5.69 Å². The van der Waals surface area contributed by atoms with Crippen molar-refractivity contribution in [3.63, 3.8) is 0 Å². The standard InChI is InChI=1S/C23H23NO5/c25-20(18-10-11-21-19(12-18)24-22(26)14-28-21)13-29-23(27)17-8-6-16(7-9-17)15-4-2-1-3-5-15/h6-12,15H,1-5,13-14H2,(H,24,26). The first-order valence-electron chi connectivity index (χ1n) is 9.97. The fourth-order valence-corrected chi connectivity index (χ4v) is 3.88. The van der Waals surface area contributed by atoms with Crippen molar-refractivity contribution in [3.8, 4) is 5.75 Å². The number of esters is 1. The van der Waals surface area contributed by atoms with Gasteiger partial charge in [0.25, 0.3) is 5.91 Å². The maximum atomic E-state index is 12.4. The number of amides is 1. The Labute approximate surface area is 169 Å². The van der Waals surface area contributed by atoms with Crippen molar-refractivity contribution >= 4 is 23.3 Å². The molecule has 1 aliphatic heterocycles. The van der Waals surface area contributed by atoms with E-state index in [4.69, 9.17) is 9.47 Å². The zero-order chi connectivity index (χ0) is 20.2. The molecule has 1 amide bonds. The van der Waals surface area contributed by atoms with Crippen LogP contribution in [0.3, 0.4) is 0 Å². The first-order valence-corrected chi connectivity index (χ1v) is 9.97. The molecular formula is C23H23NO5. The van der Waals surface area contributed by atoms with Crippen LogP contribution >= 0.6 is 0 Å². The number of ether oxygens (including phenoxy) is 2. The quantitative estimate of drug-likeness (QED) is 0.611. The third kappa shape index (κ3) is 4.47. The molecule has 0 aromatic heterocycles. The summed E-state index contributed by atoms with van der Waals surface area (Å²) in [4.78, 5) is 36.1. The van der Waals surface area contributed by atoms with Crippen LogP contribution in [0.1, 0.15) is 64.3 Å². The van der Waals surface area contributed by atoms with Crippen molar-refractivity contribution in [2.75, 3.05) is 18.5 Å². The van der Waals surface area contributed by atoms with E-state index in [-0.39, 0.29) is 24.9 Å². The number of benzene rings is 2. The van der Waals surface area contributed by atoms with E-state index < -0.39 is 5.97 Å². The Morgan fingerprint density at radius 3 is 2.48 bits per heavy atom. The molecule has 150 valence electrons. The van der Waals surface area contributed by atoms with E-state index in [9.17, 15) is 14.4 Å². The number of hydrogen-bond acceptors (Lipinski definition) is 5. The van der Waals surface area contributed by atoms with Gasteiger partial charge in [0.2, 0.25) is 0 Å². The van der Waals surface area contributed by atoms with Gasteiger partial charge in [-0.1, -0.05) is 31.4 Å². The summed E-state index contributed by atoms with van der Waals surface area (Å²) in [6.45, 7) is -0.408. The summed E-state index contributed by atoms with van der Waals surface area (Å²) >= 11 is 0. The number of hydrogen-bond donors (Lipinski definition) is 1. The Hall–Kier alpha value is -3.15. The summed E-state index contributed by atoms with van der Waals surface area (Å²) in [5.74, 6) is -0.0618. The number of ketones is 1. The Morgan fingerprint density at radius 2 is 1.72 bits per heavy atom. The molecule has 6 heteroatoms. The predicted octanol–water partition coefficient (Wildman–Crippen LogP) is 4.10. The number of carbonyl (C=O) groups is 3. The first-order chi connectivity index (χ1) is 14.1. The Morgan fingerprint density at radius 1 is 1.00 bits per heavy atom. The maximum Gasteiger partial charge on any atom is 0.338 e. The number of rotatable bonds is 5. The van der Waals surface area contributed by atoms with E-state index in [0.717, 1.165) is 0 Å². The largest absolute Gasteiger partial charge is 0.482 e. The second kappa shape index (κ2) is 8.47. The summed E-state index contributed by atoms with van der Waals surface area (Å²) in [5.41, 5.74) is 2.48. The lowest BCUT2D eigenvalue weighted by atomic mass is 9.84. The molecule has 0 atom stereocenters. The third-order valence-electron chi connectivity index (χ3n) is 5.49. The molecule has 6 nitrogen and oxygen atoms in total. The lowest BCUT2D eigenvalue weighted by Gasteiger charge is -2.22. The zero-order valence-corrected chi connectivity index (χ0v) is 16.1. The van der Waals surface area contributed by atoms with Gasteiger partial charge in [-0.25, -0.2) is 4.79 Å². The van der Waals surface area contributed by atoms with Gasteiger partial charge in [0, 0.05) is 5.56 Å².